The second-order valence-corrected chi connectivity index (χ2v) is 5.13. The van der Waals surface area contributed by atoms with Gasteiger partial charge in [0.15, 0.2) is 0 Å². The summed E-state index contributed by atoms with van der Waals surface area (Å²) >= 11 is 0. The molecule has 0 unspecified atom stereocenters. The number of benzene rings is 1. The zero-order valence-corrected chi connectivity index (χ0v) is 10.4. The van der Waals surface area contributed by atoms with Crippen molar-refractivity contribution in [1.82, 2.24) is 5.32 Å². The Morgan fingerprint density at radius 1 is 1.47 bits per heavy atom. The molecule has 1 amide bonds. The Kier molecular flexibility index (Phi) is 3.20. The van der Waals surface area contributed by atoms with Crippen LogP contribution in [-0.4, -0.2) is 23.2 Å². The largest absolute Gasteiger partial charge is 0.388 e. The van der Waals surface area contributed by atoms with Gasteiger partial charge in [-0.3, -0.25) is 4.79 Å². The first kappa shape index (κ1) is 12.1. The lowest BCUT2D eigenvalue weighted by atomic mass is 10.0. The highest BCUT2D eigenvalue weighted by atomic mass is 16.3. The van der Waals surface area contributed by atoms with E-state index in [2.05, 4.69) is 5.32 Å². The van der Waals surface area contributed by atoms with Gasteiger partial charge in [-0.25, -0.2) is 0 Å². The van der Waals surface area contributed by atoms with Gasteiger partial charge in [0.1, 0.15) is 0 Å². The number of carbonyl (C=O) groups excluding carboxylic acids is 1. The van der Waals surface area contributed by atoms with Crippen LogP contribution in [0.25, 0.3) is 0 Å². The summed E-state index contributed by atoms with van der Waals surface area (Å²) in [7, 11) is 0. The smallest absolute Gasteiger partial charge is 0.251 e. The summed E-state index contributed by atoms with van der Waals surface area (Å²) in [6, 6.07) is 7.47. The molecule has 0 spiro atoms. The molecule has 2 rings (SSSR count). The molecule has 3 nitrogen and oxygen atoms in total. The van der Waals surface area contributed by atoms with E-state index >= 15 is 0 Å². The fourth-order valence-electron chi connectivity index (χ4n) is 2.03. The predicted octanol–water partition coefficient (Wildman–Crippen LogP) is 1.89. The maximum absolute atomic E-state index is 11.9. The van der Waals surface area contributed by atoms with Gasteiger partial charge in [-0.05, 0) is 44.2 Å². The standard InChI is InChI=1S/C14H19NO2/c1-10-5-3-4-6-12(10)13(16)15-9-14(2,17)11-7-8-11/h3-6,11,17H,7-9H2,1-2H3,(H,15,16)/t14-/m1/s1. The monoisotopic (exact) mass is 233 g/mol. The molecule has 1 aliphatic rings. The third kappa shape index (κ3) is 2.86. The van der Waals surface area contributed by atoms with Crippen LogP contribution >= 0.6 is 0 Å². The molecule has 0 aliphatic heterocycles. The van der Waals surface area contributed by atoms with Crippen LogP contribution in [0.3, 0.4) is 0 Å². The molecule has 0 bridgehead atoms. The summed E-state index contributed by atoms with van der Waals surface area (Å²) in [6.07, 6.45) is 2.13. The third-order valence-corrected chi connectivity index (χ3v) is 3.45. The number of aliphatic hydroxyl groups is 1. The minimum Gasteiger partial charge on any atom is -0.388 e. The van der Waals surface area contributed by atoms with Crippen LogP contribution in [0.2, 0.25) is 0 Å². The van der Waals surface area contributed by atoms with Crippen molar-refractivity contribution in [2.45, 2.75) is 32.3 Å². The number of hydrogen-bond donors (Lipinski definition) is 2. The van der Waals surface area contributed by atoms with Crippen molar-refractivity contribution in [2.75, 3.05) is 6.54 Å². The molecule has 0 saturated heterocycles. The molecule has 17 heavy (non-hydrogen) atoms. The lowest BCUT2D eigenvalue weighted by Gasteiger charge is -2.23. The summed E-state index contributed by atoms with van der Waals surface area (Å²) in [6.45, 7) is 4.03. The summed E-state index contributed by atoms with van der Waals surface area (Å²) in [5.41, 5.74) is 0.869. The van der Waals surface area contributed by atoms with Crippen molar-refractivity contribution in [3.8, 4) is 0 Å². The van der Waals surface area contributed by atoms with Gasteiger partial charge in [0, 0.05) is 12.1 Å². The molecule has 0 radical (unpaired) electrons. The van der Waals surface area contributed by atoms with Crippen LogP contribution in [0.1, 0.15) is 35.7 Å². The zero-order valence-electron chi connectivity index (χ0n) is 10.4. The van der Waals surface area contributed by atoms with E-state index in [0.29, 0.717) is 18.0 Å². The fraction of sp³-hybridized carbons (Fsp3) is 0.500. The SMILES string of the molecule is Cc1ccccc1C(=O)NC[C@@](C)(O)C1CC1. The van der Waals surface area contributed by atoms with Gasteiger partial charge < -0.3 is 10.4 Å². The van der Waals surface area contributed by atoms with Gasteiger partial charge in [-0.2, -0.15) is 0 Å². The maximum atomic E-state index is 11.9. The van der Waals surface area contributed by atoms with Crippen molar-refractivity contribution in [3.63, 3.8) is 0 Å². The average molecular weight is 233 g/mol. The summed E-state index contributed by atoms with van der Waals surface area (Å²) in [4.78, 5) is 11.9. The molecule has 1 aromatic carbocycles. The molecular formula is C14H19NO2. The van der Waals surface area contributed by atoms with Crippen LogP contribution in [-0.2, 0) is 0 Å². The number of hydrogen-bond acceptors (Lipinski definition) is 2. The second kappa shape index (κ2) is 4.49. The van der Waals surface area contributed by atoms with Crippen LogP contribution < -0.4 is 5.32 Å². The average Bonchev–Trinajstić information content (AvgIpc) is 3.11. The van der Waals surface area contributed by atoms with E-state index in [1.807, 2.05) is 25.1 Å². The van der Waals surface area contributed by atoms with E-state index in [4.69, 9.17) is 0 Å². The number of aryl methyl sites for hydroxylation is 1. The highest BCUT2D eigenvalue weighted by molar-refractivity contribution is 5.95. The molecule has 1 fully saturated rings. The summed E-state index contributed by atoms with van der Waals surface area (Å²) in [5, 5.41) is 12.9. The third-order valence-electron chi connectivity index (χ3n) is 3.45. The molecule has 1 atom stereocenters. The topological polar surface area (TPSA) is 49.3 Å². The van der Waals surface area contributed by atoms with E-state index in [9.17, 15) is 9.90 Å². The molecule has 0 aromatic heterocycles. The van der Waals surface area contributed by atoms with Gasteiger partial charge in [0.2, 0.25) is 0 Å². The Bertz CT molecular complexity index is 422. The molecule has 0 heterocycles. The molecule has 1 aliphatic carbocycles. The van der Waals surface area contributed by atoms with E-state index < -0.39 is 5.60 Å². The van der Waals surface area contributed by atoms with Crippen molar-refractivity contribution < 1.29 is 9.90 Å². The molecular weight excluding hydrogens is 214 g/mol. The first-order chi connectivity index (χ1) is 8.00. The molecule has 2 N–H and O–H groups in total. The Hall–Kier alpha value is -1.35. The normalized spacial score (nSPS) is 18.5. The van der Waals surface area contributed by atoms with Gasteiger partial charge in [0.05, 0.1) is 5.60 Å². The Balaban J connectivity index is 1.96. The number of nitrogens with one attached hydrogen (secondary N) is 1. The minimum atomic E-state index is -0.766. The van der Waals surface area contributed by atoms with Gasteiger partial charge >= 0.3 is 0 Å². The number of rotatable bonds is 4. The van der Waals surface area contributed by atoms with Crippen molar-refractivity contribution in [1.29, 1.82) is 0 Å². The van der Waals surface area contributed by atoms with E-state index in [-0.39, 0.29) is 5.91 Å². The van der Waals surface area contributed by atoms with Crippen LogP contribution in [0.5, 0.6) is 0 Å². The molecule has 1 aromatic rings. The van der Waals surface area contributed by atoms with E-state index in [1.165, 1.54) is 0 Å². The van der Waals surface area contributed by atoms with Crippen LogP contribution in [0.4, 0.5) is 0 Å². The first-order valence-electron chi connectivity index (χ1n) is 6.07. The minimum absolute atomic E-state index is 0.107. The molecule has 1 saturated carbocycles. The van der Waals surface area contributed by atoms with Crippen LogP contribution in [0, 0.1) is 12.8 Å². The van der Waals surface area contributed by atoms with Gasteiger partial charge in [-0.15, -0.1) is 0 Å². The summed E-state index contributed by atoms with van der Waals surface area (Å²) < 4.78 is 0. The zero-order chi connectivity index (χ0) is 12.5. The quantitative estimate of drug-likeness (QED) is 0.834. The summed E-state index contributed by atoms with van der Waals surface area (Å²) in [5.74, 6) is 0.240. The predicted molar refractivity (Wildman–Crippen MR) is 66.9 cm³/mol. The van der Waals surface area contributed by atoms with E-state index in [0.717, 1.165) is 18.4 Å². The number of amides is 1. The molecule has 3 heteroatoms. The van der Waals surface area contributed by atoms with Gasteiger partial charge in [0.25, 0.3) is 5.91 Å². The Morgan fingerprint density at radius 3 is 2.71 bits per heavy atom. The highest BCUT2D eigenvalue weighted by Gasteiger charge is 2.39. The van der Waals surface area contributed by atoms with Crippen molar-refractivity contribution in [3.05, 3.63) is 35.4 Å². The van der Waals surface area contributed by atoms with Gasteiger partial charge in [-0.1, -0.05) is 18.2 Å². The first-order valence-corrected chi connectivity index (χ1v) is 6.07. The lowest BCUT2D eigenvalue weighted by molar-refractivity contribution is 0.0354. The fourth-order valence-corrected chi connectivity index (χ4v) is 2.03. The Labute approximate surface area is 102 Å². The number of carbonyl (C=O) groups is 1. The Morgan fingerprint density at radius 2 is 2.12 bits per heavy atom. The second-order valence-electron chi connectivity index (χ2n) is 5.13. The lowest BCUT2D eigenvalue weighted by Crippen LogP contribution is -2.42. The van der Waals surface area contributed by atoms with Crippen LogP contribution in [0.15, 0.2) is 24.3 Å². The van der Waals surface area contributed by atoms with Crippen molar-refractivity contribution >= 4 is 5.91 Å². The molecule has 92 valence electrons. The van der Waals surface area contributed by atoms with E-state index in [1.54, 1.807) is 13.0 Å². The highest BCUT2D eigenvalue weighted by Crippen LogP contribution is 2.39. The maximum Gasteiger partial charge on any atom is 0.251 e. The van der Waals surface area contributed by atoms with Crippen molar-refractivity contribution in [2.24, 2.45) is 5.92 Å².